The molecule has 20 aromatic rings. The maximum absolute atomic E-state index is 13.0. The summed E-state index contributed by atoms with van der Waals surface area (Å²) >= 11 is 5.87. The number of imidazole rings is 4. The molecular weight excluding hydrogens is 1880 g/mol. The fourth-order valence-electron chi connectivity index (χ4n) is 15.9. The Morgan fingerprint density at radius 1 is 0.264 bits per heavy atom. The number of nitrogens with one attached hydrogen (secondary N) is 12. The van der Waals surface area contributed by atoms with E-state index < -0.39 is 0 Å². The molecule has 0 aliphatic rings. The third-order valence-corrected chi connectivity index (χ3v) is 24.0. The fraction of sp³-hybridized carbons (Fsp3) is 0.0847. The maximum atomic E-state index is 13.0. The molecule has 0 atom stereocenters. The van der Waals surface area contributed by atoms with Gasteiger partial charge in [-0.2, -0.15) is 0 Å². The number of nitrogens with zero attached hydrogens (tertiary/aromatic N) is 4. The number of aromatic amines is 4. The van der Waals surface area contributed by atoms with Crippen LogP contribution in [0.3, 0.4) is 0 Å². The summed E-state index contributed by atoms with van der Waals surface area (Å²) in [6.45, 7) is 3.53. The number of methoxy groups -OCH3 is 5. The van der Waals surface area contributed by atoms with Gasteiger partial charge in [0, 0.05) is 120 Å². The zero-order valence-corrected chi connectivity index (χ0v) is 82.0. The van der Waals surface area contributed by atoms with Crippen molar-refractivity contribution >= 4 is 148 Å². The minimum atomic E-state index is -0.341. The van der Waals surface area contributed by atoms with E-state index in [2.05, 4.69) is 79.4 Å². The van der Waals surface area contributed by atoms with E-state index in [1.165, 1.54) is 28.3 Å². The minimum absolute atomic E-state index is 0.0159. The summed E-state index contributed by atoms with van der Waals surface area (Å²) in [7, 11) is 7.65. The summed E-state index contributed by atoms with van der Waals surface area (Å²) in [5, 5.41) is 23.7. The van der Waals surface area contributed by atoms with Gasteiger partial charge in [0.25, 0.3) is 35.4 Å². The van der Waals surface area contributed by atoms with Crippen molar-refractivity contribution in [1.82, 2.24) is 39.9 Å². The van der Waals surface area contributed by atoms with Crippen LogP contribution in [-0.2, 0) is 9.59 Å². The van der Waals surface area contributed by atoms with Crippen molar-refractivity contribution in [3.63, 3.8) is 0 Å². The molecule has 30 heteroatoms. The number of amides is 8. The van der Waals surface area contributed by atoms with E-state index in [-0.39, 0.29) is 47.3 Å². The molecule has 0 aliphatic heterocycles. The van der Waals surface area contributed by atoms with Gasteiger partial charge in [-0.05, 0) is 308 Å². The van der Waals surface area contributed by atoms with Crippen molar-refractivity contribution in [2.75, 3.05) is 78.1 Å². The van der Waals surface area contributed by atoms with Crippen molar-refractivity contribution < 1.29 is 62.0 Å². The number of carbonyl (C=O) groups excluding carboxylic acids is 8. The predicted octanol–water partition coefficient (Wildman–Crippen LogP) is 25.6. The van der Waals surface area contributed by atoms with Gasteiger partial charge in [-0.3, -0.25) is 38.4 Å². The highest BCUT2D eigenvalue weighted by Crippen LogP contribution is 2.40. The summed E-state index contributed by atoms with van der Waals surface area (Å²) in [5.74, 6) is 3.91. The van der Waals surface area contributed by atoms with Crippen LogP contribution in [0.2, 0.25) is 5.02 Å². The molecule has 29 nitrogen and oxygen atoms in total. The number of hydrogen-bond acceptors (Lipinski definition) is 17. The number of aromatic nitrogens is 8. The number of H-pyrrole nitrogens is 4. The van der Waals surface area contributed by atoms with Gasteiger partial charge in [-0.25, -0.2) is 19.9 Å². The van der Waals surface area contributed by atoms with E-state index in [1.807, 2.05) is 267 Å². The number of rotatable bonds is 28. The molecule has 12 N–H and O–H groups in total. The van der Waals surface area contributed by atoms with Crippen molar-refractivity contribution in [1.29, 1.82) is 0 Å². The second-order valence-electron chi connectivity index (χ2n) is 33.9. The molecule has 0 saturated heterocycles. The molecule has 0 bridgehead atoms. The van der Waals surface area contributed by atoms with Crippen LogP contribution >= 0.6 is 11.6 Å². The lowest BCUT2D eigenvalue weighted by Gasteiger charge is -2.14. The fourth-order valence-corrected chi connectivity index (χ4v) is 16.0. The van der Waals surface area contributed by atoms with Crippen LogP contribution in [0, 0.1) is 0 Å². The molecule has 8 amide bonds. The number of hydrogen-bond donors (Lipinski definition) is 12. The normalized spacial score (nSPS) is 10.7. The smallest absolute Gasteiger partial charge is 0.255 e. The molecule has 148 heavy (non-hydrogen) atoms. The molecule has 20 rings (SSSR count). The first-order chi connectivity index (χ1) is 72.0. The van der Waals surface area contributed by atoms with Gasteiger partial charge in [0.1, 0.15) is 34.8 Å². The van der Waals surface area contributed by atoms with Crippen LogP contribution in [0.1, 0.15) is 95.3 Å². The van der Waals surface area contributed by atoms with Crippen LogP contribution in [0.4, 0.5) is 45.5 Å². The highest BCUT2D eigenvalue weighted by atomic mass is 35.5. The second kappa shape index (κ2) is 46.9. The lowest BCUT2D eigenvalue weighted by molar-refractivity contribution is -0.116. The Morgan fingerprint density at radius 3 is 0.878 bits per heavy atom. The first-order valence-corrected chi connectivity index (χ1v) is 47.4. The summed E-state index contributed by atoms with van der Waals surface area (Å²) in [4.78, 5) is 131. The topological polar surface area (TPSA) is 394 Å². The van der Waals surface area contributed by atoms with E-state index in [0.29, 0.717) is 142 Å². The Hall–Kier alpha value is -19.5. The first-order valence-electron chi connectivity index (χ1n) is 47.1. The van der Waals surface area contributed by atoms with Gasteiger partial charge in [0.15, 0.2) is 11.5 Å². The number of anilines is 8. The largest absolute Gasteiger partial charge is 0.497 e. The van der Waals surface area contributed by atoms with E-state index in [9.17, 15) is 38.4 Å². The van der Waals surface area contributed by atoms with Gasteiger partial charge >= 0.3 is 0 Å². The Bertz CT molecular complexity index is 8150. The van der Waals surface area contributed by atoms with Gasteiger partial charge in [-0.15, -0.1) is 0 Å². The zero-order valence-electron chi connectivity index (χ0n) is 81.2. The van der Waals surface area contributed by atoms with Crippen LogP contribution in [-0.4, -0.2) is 123 Å². The molecule has 0 spiro atoms. The minimum Gasteiger partial charge on any atom is -0.497 e. The third-order valence-electron chi connectivity index (χ3n) is 23.7. The summed E-state index contributed by atoms with van der Waals surface area (Å²) in [5.41, 5.74) is 22.7. The molecule has 0 fully saturated rings. The van der Waals surface area contributed by atoms with E-state index in [4.69, 9.17) is 45.3 Å². The summed E-state index contributed by atoms with van der Waals surface area (Å²) in [6, 6.07) is 111. The highest BCUT2D eigenvalue weighted by molar-refractivity contribution is 6.30. The average Bonchev–Trinajstić information content (AvgIpc) is 1.68. The molecule has 0 radical (unpaired) electrons. The number of benzene rings is 16. The highest BCUT2D eigenvalue weighted by Gasteiger charge is 2.22. The maximum Gasteiger partial charge on any atom is 0.255 e. The van der Waals surface area contributed by atoms with Crippen molar-refractivity contribution in [2.24, 2.45) is 0 Å². The third kappa shape index (κ3) is 25.3. The van der Waals surface area contributed by atoms with Gasteiger partial charge in [0.05, 0.1) is 79.7 Å². The predicted molar refractivity (Wildman–Crippen MR) is 584 cm³/mol. The first kappa shape index (κ1) is 100.0. The molecule has 4 heterocycles. The van der Waals surface area contributed by atoms with Crippen molar-refractivity contribution in [3.8, 4) is 96.6 Å². The van der Waals surface area contributed by atoms with Gasteiger partial charge < -0.3 is 86.2 Å². The Balaban J connectivity index is 0.000000136. The summed E-state index contributed by atoms with van der Waals surface area (Å²) in [6.07, 6.45) is 2.38. The molecule has 0 unspecified atom stereocenters. The Labute approximate surface area is 855 Å². The number of halogens is 1. The van der Waals surface area contributed by atoms with Gasteiger partial charge in [0.2, 0.25) is 17.6 Å². The van der Waals surface area contributed by atoms with Gasteiger partial charge in [-0.1, -0.05) is 110 Å². The van der Waals surface area contributed by atoms with Crippen LogP contribution in [0.25, 0.3) is 112 Å². The zero-order chi connectivity index (χ0) is 103. The monoisotopic (exact) mass is 1980 g/mol. The molecule has 736 valence electrons. The van der Waals surface area contributed by atoms with Crippen molar-refractivity contribution in [3.05, 3.63) is 402 Å². The van der Waals surface area contributed by atoms with E-state index in [0.717, 1.165) is 102 Å². The van der Waals surface area contributed by atoms with Crippen LogP contribution in [0.15, 0.2) is 364 Å². The van der Waals surface area contributed by atoms with Crippen LogP contribution in [0.5, 0.6) is 28.7 Å². The average molecular weight is 1980 g/mol. The quantitative estimate of drug-likeness (QED) is 0.0217. The standard InChI is InChI=1S/C39H28N4O2.C31H28N4O6.C25H23ClN4O2.C23H20N4O3/c44-38(31-15-11-28(12-16-31)26-7-3-1-4-8-26)40-33-21-19-30(20-22-33)37-42-35-24-23-34(25-36(35)43-37)41-39(45)32-17-13-29(14-18-32)27-9-5-2-6-10-27;1-38-23-12-7-19(8-13-23)30(36)32-21-9-5-18(6-10-21)29-34-24-14-11-22(17-25(24)35-29)33-31(37)20-15-26(39-2)28(41-4)27(16-20)40-3;1-2-3-4-23(31)27-20-13-14-21-22(15-20)30-24(29-21)16-7-11-19(12-8-16)28-25(32)17-5-9-18(26)10-6-17;1-14(28)24-18-9-12-20-21(13-18)27-22(26-20)15-3-7-17(8-4-15)25-23(29)16-5-10-19(30-2)11-6-16/h1-25H,(H,40,44)(H,41,45)(H,42,43);5-17H,1-4H3,(H,32,36)(H,33,37)(H,34,35);5-15H,2-4H2,1H3,(H,27,31)(H,28,32)(H,29,30);3-13H,1-2H3,(H,24,28)(H,25,29)(H,26,27). The molecule has 0 aliphatic carbocycles. The second-order valence-corrected chi connectivity index (χ2v) is 34.3. The molecule has 16 aromatic carbocycles. The van der Waals surface area contributed by atoms with Crippen molar-refractivity contribution in [2.45, 2.75) is 33.1 Å². The van der Waals surface area contributed by atoms with E-state index in [1.54, 1.807) is 111 Å². The lowest BCUT2D eigenvalue weighted by atomic mass is 10.0. The molecular formula is C118H99ClN16O13. The Morgan fingerprint density at radius 2 is 0.547 bits per heavy atom. The molecule has 0 saturated carbocycles. The lowest BCUT2D eigenvalue weighted by Crippen LogP contribution is -2.12. The number of fused-ring (bicyclic) bond motifs is 4. The number of unbranched alkanes of at least 4 members (excludes halogenated alkanes) is 1. The van der Waals surface area contributed by atoms with E-state index >= 15 is 0 Å². The SMILES string of the molecule is CCCCC(=O)Nc1ccc2nc(-c3ccc(NC(=O)c4ccc(Cl)cc4)cc3)[nH]c2c1.COc1ccc(C(=O)Nc2ccc(-c3nc4cc(NC(=O)c5cc(OC)c(OC)c(OC)c5)ccc4[nH]3)cc2)cc1.COc1ccc(C(=O)Nc2ccc(-c3nc4ccc(NC(C)=O)cc4[nH]3)cc2)cc1.O=C(Nc1ccc(-c2nc3cc(NC(=O)c4ccc(-c5ccccc5)cc4)ccc3[nH]2)cc1)c1ccc(-c2ccccc2)cc1. The summed E-state index contributed by atoms with van der Waals surface area (Å²) < 4.78 is 26.3. The molecule has 4 aromatic heterocycles. The Kier molecular flexibility index (Phi) is 31.7. The number of carbonyl (C=O) groups is 8. The van der Waals surface area contributed by atoms with Crippen LogP contribution < -0.4 is 66.2 Å². The number of ether oxygens (including phenoxy) is 5.